The minimum Gasteiger partial charge on any atom is -0.351 e. The second-order valence-electron chi connectivity index (χ2n) is 5.67. The smallest absolute Gasteiger partial charge is 0.221 e. The van der Waals surface area contributed by atoms with Gasteiger partial charge in [0.1, 0.15) is 0 Å². The molecule has 3 N–H and O–H groups in total. The molecular weight excluding hydrogens is 244 g/mol. The highest BCUT2D eigenvalue weighted by Crippen LogP contribution is 2.20. The van der Waals surface area contributed by atoms with Gasteiger partial charge >= 0.3 is 0 Å². The first-order valence-electron chi connectivity index (χ1n) is 6.42. The van der Waals surface area contributed by atoms with Crippen molar-refractivity contribution in [2.24, 2.45) is 11.1 Å². The maximum atomic E-state index is 11.8. The maximum Gasteiger partial charge on any atom is 0.221 e. The highest BCUT2D eigenvalue weighted by Gasteiger charge is 2.22. The Bertz CT molecular complexity index is 393. The first-order chi connectivity index (χ1) is 8.32. The van der Waals surface area contributed by atoms with Crippen LogP contribution in [0.2, 0.25) is 0 Å². The van der Waals surface area contributed by atoms with Crippen LogP contribution in [0.15, 0.2) is 12.1 Å². The highest BCUT2D eigenvalue weighted by molar-refractivity contribution is 7.11. The summed E-state index contributed by atoms with van der Waals surface area (Å²) in [6.45, 7) is 8.91. The van der Waals surface area contributed by atoms with Gasteiger partial charge in [-0.05, 0) is 24.0 Å². The highest BCUT2D eigenvalue weighted by atomic mass is 32.1. The van der Waals surface area contributed by atoms with Crippen LogP contribution in [0.25, 0.3) is 0 Å². The first-order valence-corrected chi connectivity index (χ1v) is 7.24. The Morgan fingerprint density at radius 3 is 2.50 bits per heavy atom. The van der Waals surface area contributed by atoms with E-state index >= 15 is 0 Å². The fraction of sp³-hybridized carbons (Fsp3) is 0.643. The molecular formula is C14H24N2OS. The third kappa shape index (κ3) is 4.78. The molecule has 1 rings (SSSR count). The van der Waals surface area contributed by atoms with Gasteiger partial charge in [0.05, 0.1) is 6.54 Å². The summed E-state index contributed by atoms with van der Waals surface area (Å²) in [4.78, 5) is 14.3. The normalized spacial score (nSPS) is 13.4. The van der Waals surface area contributed by atoms with Crippen molar-refractivity contribution in [3.05, 3.63) is 21.9 Å². The van der Waals surface area contributed by atoms with E-state index in [1.807, 2.05) is 0 Å². The molecule has 102 valence electrons. The molecule has 1 unspecified atom stereocenters. The van der Waals surface area contributed by atoms with Gasteiger partial charge in [0.15, 0.2) is 0 Å². The second kappa shape index (κ2) is 6.34. The van der Waals surface area contributed by atoms with Gasteiger partial charge in [0, 0.05) is 22.2 Å². The fourth-order valence-corrected chi connectivity index (χ4v) is 2.37. The number of amides is 1. The van der Waals surface area contributed by atoms with E-state index in [2.05, 4.69) is 45.1 Å². The van der Waals surface area contributed by atoms with Gasteiger partial charge in [-0.1, -0.05) is 27.7 Å². The lowest BCUT2D eigenvalue weighted by molar-refractivity contribution is -0.122. The van der Waals surface area contributed by atoms with Crippen molar-refractivity contribution in [1.29, 1.82) is 0 Å². The third-order valence-corrected chi connectivity index (χ3v) is 4.27. The van der Waals surface area contributed by atoms with Crippen LogP contribution in [0.4, 0.5) is 0 Å². The molecule has 0 saturated carbocycles. The second-order valence-corrected chi connectivity index (χ2v) is 6.93. The zero-order valence-corrected chi connectivity index (χ0v) is 12.6. The van der Waals surface area contributed by atoms with Gasteiger partial charge in [0.25, 0.3) is 0 Å². The minimum atomic E-state index is -0.105. The molecule has 1 atom stereocenters. The van der Waals surface area contributed by atoms with E-state index in [1.165, 1.54) is 9.75 Å². The lowest BCUT2D eigenvalue weighted by Crippen LogP contribution is -2.39. The average molecular weight is 268 g/mol. The summed E-state index contributed by atoms with van der Waals surface area (Å²) in [6, 6.07) is 4.09. The predicted molar refractivity (Wildman–Crippen MR) is 77.6 cm³/mol. The molecule has 0 radical (unpaired) electrons. The molecule has 0 bridgehead atoms. The number of thiophene rings is 1. The van der Waals surface area contributed by atoms with Crippen LogP contribution in [-0.4, -0.2) is 11.9 Å². The number of hydrogen-bond acceptors (Lipinski definition) is 3. The summed E-state index contributed by atoms with van der Waals surface area (Å²) >= 11 is 1.75. The van der Waals surface area contributed by atoms with Crippen LogP contribution in [0.5, 0.6) is 0 Å². The number of nitrogens with two attached hydrogens (primary N) is 1. The number of carbonyl (C=O) groups excluding carboxylic acids is 1. The van der Waals surface area contributed by atoms with E-state index in [-0.39, 0.29) is 17.4 Å². The summed E-state index contributed by atoms with van der Waals surface area (Å²) in [5.41, 5.74) is 5.96. The number of carbonyl (C=O) groups is 1. The van der Waals surface area contributed by atoms with Crippen LogP contribution < -0.4 is 11.1 Å². The van der Waals surface area contributed by atoms with Crippen molar-refractivity contribution in [2.75, 3.05) is 0 Å². The Morgan fingerprint density at radius 2 is 2.00 bits per heavy atom. The van der Waals surface area contributed by atoms with Crippen LogP contribution in [0.1, 0.15) is 43.9 Å². The van der Waals surface area contributed by atoms with Gasteiger partial charge in [-0.15, -0.1) is 11.3 Å². The molecule has 1 aromatic rings. The van der Waals surface area contributed by atoms with E-state index in [0.29, 0.717) is 13.0 Å². The van der Waals surface area contributed by atoms with Gasteiger partial charge in [-0.3, -0.25) is 4.79 Å². The van der Waals surface area contributed by atoms with Crippen molar-refractivity contribution in [3.8, 4) is 0 Å². The number of nitrogens with one attached hydrogen (secondary N) is 1. The largest absolute Gasteiger partial charge is 0.351 e. The molecule has 4 heteroatoms. The molecule has 0 fully saturated rings. The number of hydrogen-bond donors (Lipinski definition) is 2. The van der Waals surface area contributed by atoms with Crippen molar-refractivity contribution in [3.63, 3.8) is 0 Å². The van der Waals surface area contributed by atoms with Gasteiger partial charge in [0.2, 0.25) is 5.91 Å². The average Bonchev–Trinajstić information content (AvgIpc) is 2.73. The lowest BCUT2D eigenvalue weighted by Gasteiger charge is -2.26. The molecule has 0 aliphatic rings. The van der Waals surface area contributed by atoms with Crippen LogP contribution >= 0.6 is 11.3 Å². The fourth-order valence-electron chi connectivity index (χ4n) is 1.47. The van der Waals surface area contributed by atoms with Crippen molar-refractivity contribution in [1.82, 2.24) is 5.32 Å². The van der Waals surface area contributed by atoms with Crippen molar-refractivity contribution < 1.29 is 4.79 Å². The molecule has 1 aromatic heterocycles. The quantitative estimate of drug-likeness (QED) is 0.862. The van der Waals surface area contributed by atoms with Gasteiger partial charge < -0.3 is 11.1 Å². The summed E-state index contributed by atoms with van der Waals surface area (Å²) in [5.74, 6) is 0.0314. The van der Waals surface area contributed by atoms with E-state index in [4.69, 9.17) is 5.73 Å². The number of aryl methyl sites for hydroxylation is 1. The minimum absolute atomic E-state index is 0.0314. The topological polar surface area (TPSA) is 55.1 Å². The molecule has 0 aliphatic carbocycles. The maximum absolute atomic E-state index is 11.8. The van der Waals surface area contributed by atoms with Gasteiger partial charge in [-0.25, -0.2) is 0 Å². The van der Waals surface area contributed by atoms with E-state index in [9.17, 15) is 4.79 Å². The van der Waals surface area contributed by atoms with Crippen LogP contribution in [0, 0.1) is 5.41 Å². The third-order valence-electron chi connectivity index (χ3n) is 3.04. The predicted octanol–water partition coefficient (Wildman–Crippen LogP) is 2.69. The van der Waals surface area contributed by atoms with Crippen LogP contribution in [0.3, 0.4) is 0 Å². The number of rotatable bonds is 5. The summed E-state index contributed by atoms with van der Waals surface area (Å²) in [6.07, 6.45) is 1.43. The standard InChI is InChI=1S/C14H24N2OS/c1-5-10-6-7-11(18-10)9-16-13(17)8-12(15)14(2,3)4/h6-7,12H,5,8-9,15H2,1-4H3,(H,16,17). The Morgan fingerprint density at radius 1 is 1.39 bits per heavy atom. The van der Waals surface area contributed by atoms with Gasteiger partial charge in [-0.2, -0.15) is 0 Å². The SMILES string of the molecule is CCc1ccc(CNC(=O)CC(N)C(C)(C)C)s1. The monoisotopic (exact) mass is 268 g/mol. The molecule has 0 aliphatic heterocycles. The molecule has 18 heavy (non-hydrogen) atoms. The van der Waals surface area contributed by atoms with E-state index in [1.54, 1.807) is 11.3 Å². The Hall–Kier alpha value is -0.870. The molecule has 3 nitrogen and oxygen atoms in total. The molecule has 1 amide bonds. The molecule has 0 saturated heterocycles. The van der Waals surface area contributed by atoms with Crippen molar-refractivity contribution in [2.45, 2.75) is 53.1 Å². The van der Waals surface area contributed by atoms with Crippen molar-refractivity contribution >= 4 is 17.2 Å². The molecule has 1 heterocycles. The zero-order chi connectivity index (χ0) is 13.8. The molecule has 0 aromatic carbocycles. The summed E-state index contributed by atoms with van der Waals surface area (Å²) in [5, 5.41) is 2.93. The first kappa shape index (κ1) is 15.2. The Labute approximate surface area is 114 Å². The zero-order valence-electron chi connectivity index (χ0n) is 11.7. The Kier molecular flexibility index (Phi) is 5.35. The molecule has 0 spiro atoms. The van der Waals surface area contributed by atoms with E-state index < -0.39 is 0 Å². The van der Waals surface area contributed by atoms with E-state index in [0.717, 1.165) is 6.42 Å². The summed E-state index contributed by atoms with van der Waals surface area (Å²) in [7, 11) is 0. The van der Waals surface area contributed by atoms with Crippen LogP contribution in [-0.2, 0) is 17.8 Å². The lowest BCUT2D eigenvalue weighted by atomic mass is 9.85. The Balaban J connectivity index is 2.37. The summed E-state index contributed by atoms with van der Waals surface area (Å²) < 4.78 is 0.